The van der Waals surface area contributed by atoms with Crippen LogP contribution >= 0.6 is 0 Å². The molecule has 4 heterocycles. The second-order valence-corrected chi connectivity index (χ2v) is 15.8. The fourth-order valence-corrected chi connectivity index (χ4v) is 7.74. The molecule has 2 saturated heterocycles. The Hall–Kier alpha value is -6.98. The number of nitrogens with zero attached hydrogens (tertiary/aromatic N) is 2. The van der Waals surface area contributed by atoms with Gasteiger partial charge in [-0.1, -0.05) is 0 Å². The third-order valence-corrected chi connectivity index (χ3v) is 11.0. The summed E-state index contributed by atoms with van der Waals surface area (Å²) in [4.78, 5) is 106. The Kier molecular flexibility index (Phi) is 16.7. The van der Waals surface area contributed by atoms with Gasteiger partial charge in [-0.05, 0) is 73.0 Å². The number of anilines is 2. The van der Waals surface area contributed by atoms with Gasteiger partial charge in [-0.3, -0.25) is 48.6 Å². The van der Waals surface area contributed by atoms with Gasteiger partial charge in [0.05, 0.1) is 70.6 Å². The van der Waals surface area contributed by atoms with Crippen molar-refractivity contribution in [3.63, 3.8) is 0 Å². The molecule has 8 amide bonds. The van der Waals surface area contributed by atoms with Gasteiger partial charge in [0.2, 0.25) is 29.5 Å². The minimum absolute atomic E-state index is 0.00814. The Morgan fingerprint density at radius 2 is 1.37 bits per heavy atom. The van der Waals surface area contributed by atoms with Gasteiger partial charge in [-0.2, -0.15) is 0 Å². The molecule has 2 atom stereocenters. The third-order valence-electron chi connectivity index (χ3n) is 11.0. The molecule has 360 valence electrons. The molecular weight excluding hydrogens is 897 g/mol. The van der Waals surface area contributed by atoms with E-state index in [1.165, 1.54) is 23.1 Å². The molecule has 1 aromatic heterocycles. The summed E-state index contributed by atoms with van der Waals surface area (Å²) in [6.07, 6.45) is 0.317. The van der Waals surface area contributed by atoms with Gasteiger partial charge < -0.3 is 49.5 Å². The number of fused-ring (bicyclic) bond motifs is 2. The third kappa shape index (κ3) is 12.5. The van der Waals surface area contributed by atoms with Crippen molar-refractivity contribution in [2.75, 3.05) is 89.4 Å². The summed E-state index contributed by atoms with van der Waals surface area (Å²) in [5, 5.41) is 10.8. The highest BCUT2D eigenvalue weighted by atomic mass is 19.1. The monoisotopic (exact) mass is 945 g/mol. The van der Waals surface area contributed by atoms with Crippen LogP contribution in [-0.4, -0.2) is 142 Å². The summed E-state index contributed by atoms with van der Waals surface area (Å²) in [5.41, 5.74) is 2.21. The first-order valence-electron chi connectivity index (χ1n) is 21.9. The van der Waals surface area contributed by atoms with E-state index in [9.17, 15) is 47.1 Å². The van der Waals surface area contributed by atoms with E-state index in [2.05, 4.69) is 26.3 Å². The summed E-state index contributed by atoms with van der Waals surface area (Å²) in [6.45, 7) is 2.61. The smallest absolute Gasteiger partial charge is 0.267 e. The van der Waals surface area contributed by atoms with E-state index < -0.39 is 64.9 Å². The van der Waals surface area contributed by atoms with Crippen LogP contribution in [0, 0.1) is 17.6 Å². The number of nitrogens with one attached hydrogen (secondary N) is 5. The molecule has 0 bridgehead atoms. The van der Waals surface area contributed by atoms with Crippen molar-refractivity contribution in [2.24, 2.45) is 5.92 Å². The van der Waals surface area contributed by atoms with E-state index in [4.69, 9.17) is 23.7 Å². The maximum Gasteiger partial charge on any atom is 0.267 e. The summed E-state index contributed by atoms with van der Waals surface area (Å²) in [7, 11) is 0. The molecule has 22 heteroatoms. The molecule has 0 spiro atoms. The molecule has 0 aliphatic carbocycles. The van der Waals surface area contributed by atoms with Crippen LogP contribution in [0.1, 0.15) is 56.0 Å². The molecule has 0 saturated carbocycles. The predicted octanol–water partition coefficient (Wildman–Crippen LogP) is 1.97. The zero-order chi connectivity index (χ0) is 48.2. The number of ether oxygens (including phenoxy) is 5. The Balaban J connectivity index is 0.676. The number of benzene rings is 3. The van der Waals surface area contributed by atoms with Crippen LogP contribution in [0.3, 0.4) is 0 Å². The first-order valence-corrected chi connectivity index (χ1v) is 21.9. The number of piperidine rings is 1. The molecule has 3 aliphatic heterocycles. The van der Waals surface area contributed by atoms with Crippen molar-refractivity contribution in [3.05, 3.63) is 94.7 Å². The van der Waals surface area contributed by atoms with E-state index >= 15 is 0 Å². The lowest BCUT2D eigenvalue weighted by atomic mass is 10.0. The number of amides is 8. The fraction of sp³-hybridized carbons (Fsp3) is 0.391. The number of carbonyl (C=O) groups excluding carboxylic acids is 8. The molecule has 2 fully saturated rings. The minimum Gasteiger partial charge on any atom is -0.377 e. The highest BCUT2D eigenvalue weighted by Crippen LogP contribution is 2.31. The normalized spacial score (nSPS) is 16.9. The first-order chi connectivity index (χ1) is 32.9. The lowest BCUT2D eigenvalue weighted by Gasteiger charge is -2.27. The maximum absolute atomic E-state index is 13.5. The number of aromatic nitrogens is 1. The van der Waals surface area contributed by atoms with Gasteiger partial charge in [-0.15, -0.1) is 0 Å². The van der Waals surface area contributed by atoms with Crippen LogP contribution in [-0.2, 0) is 54.2 Å². The van der Waals surface area contributed by atoms with Crippen molar-refractivity contribution >= 4 is 69.5 Å². The van der Waals surface area contributed by atoms with Crippen molar-refractivity contribution < 1.29 is 70.8 Å². The molecule has 1 unspecified atom stereocenters. The highest BCUT2D eigenvalue weighted by Gasteiger charge is 2.45. The van der Waals surface area contributed by atoms with Gasteiger partial charge in [0.1, 0.15) is 35.9 Å². The topological polar surface area (TPSA) is 253 Å². The SMILES string of the molecule is O=C1CCC(N2C(=O)c3ccc(NC(=O)COCCOCCOCCOCCOCCNC(=O)c4cc5cc(N6CC[C@H](C(=O)NCc7cc(F)cc(F)c7)C6=O)ccc5[nH]4)cc3C2=O)C(=O)N1. The van der Waals surface area contributed by atoms with Gasteiger partial charge in [0.15, 0.2) is 0 Å². The molecule has 68 heavy (non-hydrogen) atoms. The molecule has 20 nitrogen and oxygen atoms in total. The molecule has 4 aromatic rings. The van der Waals surface area contributed by atoms with Crippen LogP contribution < -0.4 is 26.2 Å². The van der Waals surface area contributed by atoms with Crippen molar-refractivity contribution in [3.8, 4) is 0 Å². The summed E-state index contributed by atoms with van der Waals surface area (Å²) < 4.78 is 54.3. The Morgan fingerprint density at radius 3 is 2.06 bits per heavy atom. The predicted molar refractivity (Wildman–Crippen MR) is 235 cm³/mol. The van der Waals surface area contributed by atoms with E-state index in [-0.39, 0.29) is 93.7 Å². The fourth-order valence-electron chi connectivity index (χ4n) is 7.74. The lowest BCUT2D eigenvalue weighted by molar-refractivity contribution is -0.136. The number of halogens is 2. The van der Waals surface area contributed by atoms with E-state index in [0.717, 1.165) is 23.1 Å². The van der Waals surface area contributed by atoms with Crippen molar-refractivity contribution in [1.29, 1.82) is 0 Å². The molecule has 7 rings (SSSR count). The summed E-state index contributed by atoms with van der Waals surface area (Å²) >= 11 is 0. The standard InChI is InChI=1S/C46H49F2N7O13/c47-29-19-27(20-30(48)23-29)25-50-41(58)34-7-9-54(44(34)61)32-2-4-36-28(21-32)22-37(52-36)42(59)49-8-10-64-11-12-65-13-14-66-15-16-67-17-18-68-26-40(57)51-31-1-3-33-35(24-31)46(63)55(45(33)62)38-5-6-39(56)53-43(38)60/h1-4,19-24,34,38,52H,5-18,25-26H2,(H,49,59)(H,50,58)(H,51,57)(H,53,56,60)/t34-,38?/m1/s1. The first kappa shape index (κ1) is 48.9. The van der Waals surface area contributed by atoms with Crippen molar-refractivity contribution in [2.45, 2.75) is 31.8 Å². The quantitative estimate of drug-likeness (QED) is 0.0383. The number of imide groups is 2. The molecule has 5 N–H and O–H groups in total. The average Bonchev–Trinajstić information content (AvgIpc) is 3.99. The number of aromatic amines is 1. The summed E-state index contributed by atoms with van der Waals surface area (Å²) in [6, 6.07) is 13.0. The van der Waals surface area contributed by atoms with Crippen molar-refractivity contribution in [1.82, 2.24) is 25.8 Å². The Bertz CT molecular complexity index is 2550. The largest absolute Gasteiger partial charge is 0.377 e. The summed E-state index contributed by atoms with van der Waals surface area (Å²) in [5.74, 6) is -6.72. The van der Waals surface area contributed by atoms with Gasteiger partial charge in [-0.25, -0.2) is 8.78 Å². The second kappa shape index (κ2) is 23.2. The minimum atomic E-state index is -1.09. The molecular formula is C46H49F2N7O13. The molecule has 3 aliphatic rings. The number of rotatable bonds is 24. The Morgan fingerprint density at radius 1 is 0.706 bits per heavy atom. The maximum atomic E-state index is 13.5. The zero-order valence-electron chi connectivity index (χ0n) is 36.7. The zero-order valence-corrected chi connectivity index (χ0v) is 36.7. The number of hydrogen-bond donors (Lipinski definition) is 5. The average molecular weight is 946 g/mol. The molecule has 3 aromatic carbocycles. The number of H-pyrrole nitrogens is 1. The number of hydrogen-bond acceptors (Lipinski definition) is 13. The van der Waals surface area contributed by atoms with Gasteiger partial charge in [0, 0.05) is 54.4 Å². The Labute approximate surface area is 387 Å². The van der Waals surface area contributed by atoms with Crippen LogP contribution in [0.15, 0.2) is 60.7 Å². The van der Waals surface area contributed by atoms with Gasteiger partial charge in [0.25, 0.3) is 17.7 Å². The van der Waals surface area contributed by atoms with Crippen LogP contribution in [0.4, 0.5) is 20.2 Å². The lowest BCUT2D eigenvalue weighted by Crippen LogP contribution is -2.54. The van der Waals surface area contributed by atoms with E-state index in [1.807, 2.05) is 0 Å². The molecule has 0 radical (unpaired) electrons. The van der Waals surface area contributed by atoms with Crippen LogP contribution in [0.5, 0.6) is 0 Å². The highest BCUT2D eigenvalue weighted by molar-refractivity contribution is 6.24. The second-order valence-electron chi connectivity index (χ2n) is 15.8. The van der Waals surface area contributed by atoms with Gasteiger partial charge >= 0.3 is 0 Å². The number of carbonyl (C=O) groups is 8. The van der Waals surface area contributed by atoms with Crippen LogP contribution in [0.25, 0.3) is 10.9 Å². The van der Waals surface area contributed by atoms with E-state index in [1.54, 1.807) is 24.3 Å². The van der Waals surface area contributed by atoms with E-state index in [0.29, 0.717) is 61.9 Å². The van der Waals surface area contributed by atoms with Crippen LogP contribution in [0.2, 0.25) is 0 Å².